The van der Waals surface area contributed by atoms with Crippen LogP contribution in [0.15, 0.2) is 0 Å². The number of hydrogen-bond acceptors (Lipinski definition) is 2. The van der Waals surface area contributed by atoms with E-state index in [9.17, 15) is 4.79 Å². The quantitative estimate of drug-likeness (QED) is 0.157. The van der Waals surface area contributed by atoms with E-state index in [1.54, 1.807) is 0 Å². The highest BCUT2D eigenvalue weighted by atomic mass is 35.5. The molecule has 25 heavy (non-hydrogen) atoms. The van der Waals surface area contributed by atoms with Gasteiger partial charge in [-0.25, -0.2) is 4.79 Å². The first-order chi connectivity index (χ1) is 12.3. The van der Waals surface area contributed by atoms with Crippen molar-refractivity contribution in [3.8, 4) is 0 Å². The Morgan fingerprint density at radius 1 is 0.560 bits per heavy atom. The van der Waals surface area contributed by atoms with Crippen LogP contribution in [0, 0.1) is 0 Å². The summed E-state index contributed by atoms with van der Waals surface area (Å²) in [5.41, 5.74) is -0.678. The monoisotopic (exact) mass is 374 g/mol. The fourth-order valence-electron chi connectivity index (χ4n) is 3.33. The second-order valence-corrected chi connectivity index (χ2v) is 7.76. The third kappa shape index (κ3) is 23.8. The standard InChI is InChI=1S/C22H43ClO2/c1-2-3-4-5-6-7-8-9-10-11-12-13-14-15-16-17-18-19-20-21-25-22(23)24/h2-21H2,1H3. The van der Waals surface area contributed by atoms with E-state index in [0.29, 0.717) is 6.61 Å². The molecule has 0 aliphatic heterocycles. The predicted octanol–water partition coefficient (Wildman–Crippen LogP) is 8.79. The summed E-state index contributed by atoms with van der Waals surface area (Å²) in [6.07, 6.45) is 26.0. The fourth-order valence-corrected chi connectivity index (χ4v) is 3.41. The average Bonchev–Trinajstić information content (AvgIpc) is 2.60. The van der Waals surface area contributed by atoms with E-state index in [-0.39, 0.29) is 0 Å². The third-order valence-corrected chi connectivity index (χ3v) is 5.07. The summed E-state index contributed by atoms with van der Waals surface area (Å²) in [5.74, 6) is 0. The van der Waals surface area contributed by atoms with Gasteiger partial charge in [-0.15, -0.1) is 0 Å². The van der Waals surface area contributed by atoms with Crippen molar-refractivity contribution in [3.63, 3.8) is 0 Å². The first kappa shape index (κ1) is 24.8. The maximum atomic E-state index is 10.4. The van der Waals surface area contributed by atoms with E-state index in [1.165, 1.54) is 109 Å². The maximum Gasteiger partial charge on any atom is 0.403 e. The minimum atomic E-state index is -0.678. The smallest absolute Gasteiger partial charge is 0.403 e. The Hall–Kier alpha value is -0.240. The minimum absolute atomic E-state index is 0.473. The summed E-state index contributed by atoms with van der Waals surface area (Å²) in [6, 6.07) is 0. The Bertz CT molecular complexity index is 269. The van der Waals surface area contributed by atoms with Crippen molar-refractivity contribution in [2.24, 2.45) is 0 Å². The van der Waals surface area contributed by atoms with Crippen LogP contribution in [0.5, 0.6) is 0 Å². The molecule has 0 aromatic rings. The molecule has 0 bridgehead atoms. The molecule has 0 aliphatic rings. The number of rotatable bonds is 20. The van der Waals surface area contributed by atoms with Gasteiger partial charge in [0.1, 0.15) is 0 Å². The van der Waals surface area contributed by atoms with Gasteiger partial charge in [0.15, 0.2) is 0 Å². The minimum Gasteiger partial charge on any atom is -0.454 e. The van der Waals surface area contributed by atoms with E-state index in [4.69, 9.17) is 16.3 Å². The lowest BCUT2D eigenvalue weighted by atomic mass is 10.0. The topological polar surface area (TPSA) is 26.3 Å². The van der Waals surface area contributed by atoms with Crippen LogP contribution in [-0.2, 0) is 4.74 Å². The molecule has 0 amide bonds. The second kappa shape index (κ2) is 21.8. The summed E-state index contributed by atoms with van der Waals surface area (Å²) in [4.78, 5) is 10.4. The van der Waals surface area contributed by atoms with E-state index in [0.717, 1.165) is 12.8 Å². The van der Waals surface area contributed by atoms with Gasteiger partial charge in [-0.3, -0.25) is 0 Å². The number of carbonyl (C=O) groups excluding carboxylic acids is 1. The number of unbranched alkanes of at least 4 members (excludes halogenated alkanes) is 18. The molecular formula is C22H43ClO2. The molecule has 0 aromatic heterocycles. The number of hydrogen-bond donors (Lipinski definition) is 0. The van der Waals surface area contributed by atoms with E-state index in [2.05, 4.69) is 6.92 Å². The van der Waals surface area contributed by atoms with Crippen molar-refractivity contribution < 1.29 is 9.53 Å². The van der Waals surface area contributed by atoms with Crippen LogP contribution in [0.2, 0.25) is 0 Å². The molecule has 0 aliphatic carbocycles. The van der Waals surface area contributed by atoms with Gasteiger partial charge in [0, 0.05) is 11.6 Å². The zero-order chi connectivity index (χ0) is 18.4. The molecule has 0 saturated carbocycles. The molecular weight excluding hydrogens is 332 g/mol. The van der Waals surface area contributed by atoms with E-state index >= 15 is 0 Å². The molecule has 0 radical (unpaired) electrons. The molecule has 150 valence electrons. The highest BCUT2D eigenvalue weighted by molar-refractivity contribution is 6.61. The molecule has 3 heteroatoms. The molecule has 0 N–H and O–H groups in total. The van der Waals surface area contributed by atoms with Crippen LogP contribution in [-0.4, -0.2) is 12.0 Å². The van der Waals surface area contributed by atoms with Crippen molar-refractivity contribution in [1.29, 1.82) is 0 Å². The Kier molecular flexibility index (Phi) is 21.6. The van der Waals surface area contributed by atoms with Gasteiger partial charge in [0.25, 0.3) is 0 Å². The van der Waals surface area contributed by atoms with Gasteiger partial charge in [0.05, 0.1) is 6.61 Å². The second-order valence-electron chi connectivity index (χ2n) is 7.45. The summed E-state index contributed by atoms with van der Waals surface area (Å²) < 4.78 is 4.70. The van der Waals surface area contributed by atoms with Crippen molar-refractivity contribution in [3.05, 3.63) is 0 Å². The predicted molar refractivity (Wildman–Crippen MR) is 111 cm³/mol. The average molecular weight is 375 g/mol. The van der Waals surface area contributed by atoms with Crippen molar-refractivity contribution in [2.45, 2.75) is 129 Å². The highest BCUT2D eigenvalue weighted by Crippen LogP contribution is 2.14. The molecule has 0 atom stereocenters. The zero-order valence-electron chi connectivity index (χ0n) is 16.8. The van der Waals surface area contributed by atoms with Crippen LogP contribution in [0.25, 0.3) is 0 Å². The molecule has 0 fully saturated rings. The number of ether oxygens (including phenoxy) is 1. The van der Waals surface area contributed by atoms with Crippen molar-refractivity contribution >= 4 is 17.0 Å². The molecule has 0 rings (SSSR count). The van der Waals surface area contributed by atoms with Gasteiger partial charge < -0.3 is 4.74 Å². The van der Waals surface area contributed by atoms with Gasteiger partial charge in [-0.2, -0.15) is 0 Å². The van der Waals surface area contributed by atoms with Crippen LogP contribution in [0.4, 0.5) is 4.79 Å². The summed E-state index contributed by atoms with van der Waals surface area (Å²) in [5, 5.41) is 0. The van der Waals surface area contributed by atoms with Gasteiger partial charge in [0.2, 0.25) is 0 Å². The lowest BCUT2D eigenvalue weighted by Gasteiger charge is -2.04. The van der Waals surface area contributed by atoms with Crippen LogP contribution >= 0.6 is 11.6 Å². The molecule has 0 aromatic carbocycles. The highest BCUT2D eigenvalue weighted by Gasteiger charge is 1.96. The molecule has 0 saturated heterocycles. The van der Waals surface area contributed by atoms with Gasteiger partial charge >= 0.3 is 5.43 Å². The molecule has 2 nitrogen and oxygen atoms in total. The molecule has 0 heterocycles. The number of halogens is 1. The lowest BCUT2D eigenvalue weighted by Crippen LogP contribution is -1.96. The largest absolute Gasteiger partial charge is 0.454 e. The normalized spacial score (nSPS) is 11.0. The Morgan fingerprint density at radius 3 is 1.12 bits per heavy atom. The fraction of sp³-hybridized carbons (Fsp3) is 0.955. The van der Waals surface area contributed by atoms with Crippen LogP contribution < -0.4 is 0 Å². The van der Waals surface area contributed by atoms with Gasteiger partial charge in [-0.1, -0.05) is 122 Å². The summed E-state index contributed by atoms with van der Waals surface area (Å²) in [7, 11) is 0. The van der Waals surface area contributed by atoms with Crippen molar-refractivity contribution in [2.75, 3.05) is 6.61 Å². The maximum absolute atomic E-state index is 10.4. The lowest BCUT2D eigenvalue weighted by molar-refractivity contribution is 0.170. The Morgan fingerprint density at radius 2 is 0.840 bits per heavy atom. The zero-order valence-corrected chi connectivity index (χ0v) is 17.6. The van der Waals surface area contributed by atoms with Gasteiger partial charge in [-0.05, 0) is 6.42 Å². The molecule has 0 unspecified atom stereocenters. The Balaban J connectivity index is 2.97. The number of carbonyl (C=O) groups is 1. The van der Waals surface area contributed by atoms with Crippen LogP contribution in [0.1, 0.15) is 129 Å². The van der Waals surface area contributed by atoms with E-state index in [1.807, 2.05) is 0 Å². The third-order valence-electron chi connectivity index (χ3n) is 4.96. The molecule has 0 spiro atoms. The first-order valence-electron chi connectivity index (χ1n) is 11.1. The van der Waals surface area contributed by atoms with Crippen LogP contribution in [0.3, 0.4) is 0 Å². The SMILES string of the molecule is CCCCCCCCCCCCCCCCCCCCCOC(=O)Cl. The van der Waals surface area contributed by atoms with E-state index < -0.39 is 5.43 Å². The van der Waals surface area contributed by atoms with Crippen molar-refractivity contribution in [1.82, 2.24) is 0 Å². The summed E-state index contributed by atoms with van der Waals surface area (Å²) in [6.45, 7) is 2.76. The summed E-state index contributed by atoms with van der Waals surface area (Å²) >= 11 is 5.10. The Labute approximate surface area is 162 Å². The first-order valence-corrected chi connectivity index (χ1v) is 11.5.